The first kappa shape index (κ1) is 17.9. The summed E-state index contributed by atoms with van der Waals surface area (Å²) in [6, 6.07) is 7.49. The second-order valence-electron chi connectivity index (χ2n) is 7.37. The van der Waals surface area contributed by atoms with Gasteiger partial charge in [0.1, 0.15) is 6.61 Å². The van der Waals surface area contributed by atoms with E-state index >= 15 is 0 Å². The number of nitrogens with one attached hydrogen (secondary N) is 1. The Balaban J connectivity index is 1.88. The number of rotatable bonds is 4. The second-order valence-corrected chi connectivity index (χ2v) is 7.37. The van der Waals surface area contributed by atoms with Crippen molar-refractivity contribution in [3.05, 3.63) is 35.4 Å². The highest BCUT2D eigenvalue weighted by Gasteiger charge is 2.43. The van der Waals surface area contributed by atoms with Gasteiger partial charge in [-0.05, 0) is 37.3 Å². The molecule has 0 unspecified atom stereocenters. The molecule has 0 radical (unpaired) electrons. The summed E-state index contributed by atoms with van der Waals surface area (Å²) in [6.45, 7) is 4.08. The summed E-state index contributed by atoms with van der Waals surface area (Å²) < 4.78 is 5.74. The van der Waals surface area contributed by atoms with E-state index in [1.165, 1.54) is 0 Å². The van der Waals surface area contributed by atoms with Crippen LogP contribution >= 0.6 is 0 Å². The maximum absolute atomic E-state index is 13.1. The Hall–Kier alpha value is -1.88. The lowest BCUT2D eigenvalue weighted by atomic mass is 9.91. The van der Waals surface area contributed by atoms with Gasteiger partial charge in [-0.1, -0.05) is 44.0 Å². The number of amides is 2. The van der Waals surface area contributed by atoms with E-state index in [-0.39, 0.29) is 24.0 Å². The monoisotopic (exact) mass is 344 g/mol. The summed E-state index contributed by atoms with van der Waals surface area (Å²) in [5, 5.41) is 3.26. The zero-order chi connectivity index (χ0) is 18.0. The average molecular weight is 344 g/mol. The summed E-state index contributed by atoms with van der Waals surface area (Å²) in [4.78, 5) is 26.9. The normalized spacial score (nSPS) is 25.9. The van der Waals surface area contributed by atoms with E-state index in [1.54, 1.807) is 11.9 Å². The minimum atomic E-state index is -0.673. The fraction of sp³-hybridized carbons (Fsp3) is 0.600. The Bertz CT molecular complexity index is 652. The van der Waals surface area contributed by atoms with Crippen molar-refractivity contribution in [3.8, 4) is 0 Å². The standard InChI is InChI=1S/C20H28N2O3/c1-4-20(11-7-8-12-20)21-19(24)18-17(22(3)16(23)13-25-18)15-10-6-5-9-14(15)2/h5-6,9-10,17-18H,4,7-8,11-13H2,1-3H3,(H,21,24)/t17-,18+/m1/s1. The number of hydrogen-bond acceptors (Lipinski definition) is 3. The van der Waals surface area contributed by atoms with Crippen LogP contribution in [0.4, 0.5) is 0 Å². The summed E-state index contributed by atoms with van der Waals surface area (Å²) in [5.74, 6) is -0.195. The minimum Gasteiger partial charge on any atom is -0.356 e. The largest absolute Gasteiger partial charge is 0.356 e. The van der Waals surface area contributed by atoms with E-state index in [9.17, 15) is 9.59 Å². The highest BCUT2D eigenvalue weighted by Crippen LogP contribution is 2.35. The number of carbonyl (C=O) groups excluding carboxylic acids is 2. The van der Waals surface area contributed by atoms with Crippen LogP contribution in [0.5, 0.6) is 0 Å². The number of nitrogens with zero attached hydrogens (tertiary/aromatic N) is 1. The fourth-order valence-corrected chi connectivity index (χ4v) is 4.17. The van der Waals surface area contributed by atoms with Crippen LogP contribution in [0, 0.1) is 6.92 Å². The summed E-state index contributed by atoms with van der Waals surface area (Å²) in [6.07, 6.45) is 4.60. The number of ether oxygens (including phenoxy) is 1. The van der Waals surface area contributed by atoms with E-state index < -0.39 is 12.1 Å². The molecule has 0 bridgehead atoms. The molecule has 0 aromatic heterocycles. The first-order chi connectivity index (χ1) is 12.0. The van der Waals surface area contributed by atoms with Gasteiger partial charge in [0.15, 0.2) is 6.10 Å². The molecule has 1 aromatic rings. The second kappa shape index (κ2) is 7.16. The summed E-state index contributed by atoms with van der Waals surface area (Å²) in [7, 11) is 1.76. The third-order valence-corrected chi connectivity index (χ3v) is 5.88. The van der Waals surface area contributed by atoms with Gasteiger partial charge < -0.3 is 15.0 Å². The van der Waals surface area contributed by atoms with Crippen molar-refractivity contribution in [2.45, 2.75) is 63.6 Å². The Morgan fingerprint density at radius 1 is 1.32 bits per heavy atom. The molecule has 2 atom stereocenters. The predicted molar refractivity (Wildman–Crippen MR) is 96.1 cm³/mol. The molecule has 1 heterocycles. The van der Waals surface area contributed by atoms with Gasteiger partial charge in [0.2, 0.25) is 5.91 Å². The number of benzene rings is 1. The van der Waals surface area contributed by atoms with Crippen molar-refractivity contribution < 1.29 is 14.3 Å². The molecule has 2 amide bonds. The Morgan fingerprint density at radius 2 is 2.00 bits per heavy atom. The van der Waals surface area contributed by atoms with E-state index in [4.69, 9.17) is 4.74 Å². The van der Waals surface area contributed by atoms with Crippen LogP contribution in [0.15, 0.2) is 24.3 Å². The fourth-order valence-electron chi connectivity index (χ4n) is 4.17. The zero-order valence-corrected chi connectivity index (χ0v) is 15.4. The molecule has 1 aromatic carbocycles. The van der Waals surface area contributed by atoms with Crippen LogP contribution in [0.1, 0.15) is 56.2 Å². The highest BCUT2D eigenvalue weighted by atomic mass is 16.5. The van der Waals surface area contributed by atoms with Crippen molar-refractivity contribution in [2.75, 3.05) is 13.7 Å². The lowest BCUT2D eigenvalue weighted by molar-refractivity contribution is -0.163. The van der Waals surface area contributed by atoms with Gasteiger partial charge in [-0.3, -0.25) is 9.59 Å². The molecule has 0 spiro atoms. The molecule has 1 aliphatic heterocycles. The van der Waals surface area contributed by atoms with E-state index in [2.05, 4.69) is 12.2 Å². The van der Waals surface area contributed by atoms with E-state index in [0.29, 0.717) is 0 Å². The van der Waals surface area contributed by atoms with Gasteiger partial charge in [0.25, 0.3) is 5.91 Å². The molecular weight excluding hydrogens is 316 g/mol. The zero-order valence-electron chi connectivity index (χ0n) is 15.4. The van der Waals surface area contributed by atoms with Gasteiger partial charge in [0, 0.05) is 12.6 Å². The van der Waals surface area contributed by atoms with Gasteiger partial charge >= 0.3 is 0 Å². The number of hydrogen-bond donors (Lipinski definition) is 1. The summed E-state index contributed by atoms with van der Waals surface area (Å²) >= 11 is 0. The van der Waals surface area contributed by atoms with Crippen LogP contribution in [0.25, 0.3) is 0 Å². The summed E-state index contributed by atoms with van der Waals surface area (Å²) in [5.41, 5.74) is 1.91. The van der Waals surface area contributed by atoms with Crippen molar-refractivity contribution >= 4 is 11.8 Å². The van der Waals surface area contributed by atoms with Crippen LogP contribution < -0.4 is 5.32 Å². The van der Waals surface area contributed by atoms with Crippen molar-refractivity contribution in [1.82, 2.24) is 10.2 Å². The number of morpholine rings is 1. The molecule has 3 rings (SSSR count). The Morgan fingerprint density at radius 3 is 2.64 bits per heavy atom. The molecule has 5 nitrogen and oxygen atoms in total. The third kappa shape index (κ3) is 3.43. The van der Waals surface area contributed by atoms with Gasteiger partial charge in [-0.2, -0.15) is 0 Å². The molecule has 25 heavy (non-hydrogen) atoms. The van der Waals surface area contributed by atoms with Crippen molar-refractivity contribution in [3.63, 3.8) is 0 Å². The average Bonchev–Trinajstić information content (AvgIpc) is 3.07. The lowest BCUT2D eigenvalue weighted by Crippen LogP contribution is -2.57. The maximum Gasteiger partial charge on any atom is 0.252 e. The SMILES string of the molecule is CCC1(NC(=O)[C@H]2OCC(=O)N(C)[C@@H]2c2ccccc2C)CCCC1. The van der Waals surface area contributed by atoms with Crippen molar-refractivity contribution in [1.29, 1.82) is 0 Å². The van der Waals surface area contributed by atoms with E-state index in [0.717, 1.165) is 43.2 Å². The minimum absolute atomic E-state index is 0.0455. The molecule has 1 aliphatic carbocycles. The number of aryl methyl sites for hydroxylation is 1. The van der Waals surface area contributed by atoms with Gasteiger partial charge in [-0.15, -0.1) is 0 Å². The first-order valence-corrected chi connectivity index (χ1v) is 9.22. The molecule has 1 saturated carbocycles. The van der Waals surface area contributed by atoms with Crippen LogP contribution in [0.3, 0.4) is 0 Å². The Kier molecular flexibility index (Phi) is 5.13. The molecule has 5 heteroatoms. The lowest BCUT2D eigenvalue weighted by Gasteiger charge is -2.40. The predicted octanol–water partition coefficient (Wildman–Crippen LogP) is 2.73. The van der Waals surface area contributed by atoms with Crippen LogP contribution in [-0.2, 0) is 14.3 Å². The smallest absolute Gasteiger partial charge is 0.252 e. The van der Waals surface area contributed by atoms with Gasteiger partial charge in [0.05, 0.1) is 6.04 Å². The molecule has 1 N–H and O–H groups in total. The number of carbonyl (C=O) groups is 2. The quantitative estimate of drug-likeness (QED) is 0.914. The first-order valence-electron chi connectivity index (χ1n) is 9.22. The molecule has 2 aliphatic rings. The molecule has 2 fully saturated rings. The third-order valence-electron chi connectivity index (χ3n) is 5.88. The molecular formula is C20H28N2O3. The van der Waals surface area contributed by atoms with Crippen molar-refractivity contribution in [2.24, 2.45) is 0 Å². The van der Waals surface area contributed by atoms with E-state index in [1.807, 2.05) is 31.2 Å². The molecule has 1 saturated heterocycles. The maximum atomic E-state index is 13.1. The topological polar surface area (TPSA) is 58.6 Å². The molecule has 136 valence electrons. The Labute approximate surface area is 149 Å². The number of likely N-dealkylation sites (N-methyl/N-ethyl adjacent to an activating group) is 1. The van der Waals surface area contributed by atoms with Crippen LogP contribution in [-0.4, -0.2) is 42.0 Å². The van der Waals surface area contributed by atoms with Gasteiger partial charge in [-0.25, -0.2) is 0 Å². The highest BCUT2D eigenvalue weighted by molar-refractivity contribution is 5.86. The van der Waals surface area contributed by atoms with Crippen LogP contribution in [0.2, 0.25) is 0 Å².